The highest BCUT2D eigenvalue weighted by molar-refractivity contribution is 7.80. The number of thiocarbonyl (C=S) groups is 1. The quantitative estimate of drug-likeness (QED) is 0.803. The number of hydrogen-bond acceptors (Lipinski definition) is 2. The zero-order valence-electron chi connectivity index (χ0n) is 11.5. The molecule has 0 radical (unpaired) electrons. The van der Waals surface area contributed by atoms with Crippen molar-refractivity contribution in [1.29, 1.82) is 0 Å². The third kappa shape index (κ3) is 4.63. The maximum atomic E-state index is 5.29. The first-order valence-electron chi connectivity index (χ1n) is 6.20. The largest absolute Gasteiger partial charge is 0.383 e. The van der Waals surface area contributed by atoms with Crippen molar-refractivity contribution in [2.75, 3.05) is 19.0 Å². The lowest BCUT2D eigenvalue weighted by atomic mass is 10.1. The molecule has 0 aliphatic heterocycles. The van der Waals surface area contributed by atoms with Crippen molar-refractivity contribution in [3.63, 3.8) is 0 Å². The van der Waals surface area contributed by atoms with E-state index in [2.05, 4.69) is 43.5 Å². The summed E-state index contributed by atoms with van der Waals surface area (Å²) in [5.74, 6) is 0. The van der Waals surface area contributed by atoms with Gasteiger partial charge in [-0.2, -0.15) is 0 Å². The van der Waals surface area contributed by atoms with Crippen LogP contribution in [0.3, 0.4) is 0 Å². The molecule has 1 rings (SSSR count). The van der Waals surface area contributed by atoms with Crippen molar-refractivity contribution in [2.24, 2.45) is 0 Å². The molecule has 2 N–H and O–H groups in total. The Balaban J connectivity index is 2.55. The summed E-state index contributed by atoms with van der Waals surface area (Å²) in [5.41, 5.74) is 3.56. The van der Waals surface area contributed by atoms with Crippen LogP contribution in [0.5, 0.6) is 0 Å². The molecule has 3 nitrogen and oxygen atoms in total. The summed E-state index contributed by atoms with van der Waals surface area (Å²) in [6.07, 6.45) is 0.975. The number of nitrogens with one attached hydrogen (secondary N) is 2. The summed E-state index contributed by atoms with van der Waals surface area (Å²) in [6.45, 7) is 6.96. The van der Waals surface area contributed by atoms with Crippen LogP contribution in [0.1, 0.15) is 24.5 Å². The lowest BCUT2D eigenvalue weighted by molar-refractivity contribution is 0.172. The van der Waals surface area contributed by atoms with Crippen molar-refractivity contribution < 1.29 is 4.74 Å². The number of hydrogen-bond donors (Lipinski definition) is 2. The molecule has 0 aromatic heterocycles. The minimum atomic E-state index is 0.251. The Morgan fingerprint density at radius 2 is 2.06 bits per heavy atom. The molecule has 1 aromatic rings. The Bertz CT molecular complexity index is 407. The third-order valence-corrected chi connectivity index (χ3v) is 3.18. The smallest absolute Gasteiger partial charge is 0.171 e. The van der Waals surface area contributed by atoms with E-state index in [9.17, 15) is 0 Å². The molecule has 0 spiro atoms. The minimum absolute atomic E-state index is 0.251. The van der Waals surface area contributed by atoms with Gasteiger partial charge in [0, 0.05) is 12.8 Å². The second kappa shape index (κ2) is 7.34. The summed E-state index contributed by atoms with van der Waals surface area (Å²) < 4.78 is 5.13. The van der Waals surface area contributed by atoms with Crippen molar-refractivity contribution in [2.45, 2.75) is 33.2 Å². The standard InChI is InChI=1S/C14H22N2OS/c1-5-12(9-17-4)15-14(18)16-13-7-6-10(2)11(3)8-13/h6-8,12H,5,9H2,1-4H3,(H2,15,16,18). The van der Waals surface area contributed by atoms with Gasteiger partial charge in [-0.05, 0) is 55.7 Å². The van der Waals surface area contributed by atoms with Crippen molar-refractivity contribution in [3.8, 4) is 0 Å². The van der Waals surface area contributed by atoms with E-state index in [-0.39, 0.29) is 6.04 Å². The first-order chi connectivity index (χ1) is 8.56. The minimum Gasteiger partial charge on any atom is -0.383 e. The van der Waals surface area contributed by atoms with Crippen LogP contribution in [0.2, 0.25) is 0 Å². The molecular formula is C14H22N2OS. The zero-order valence-corrected chi connectivity index (χ0v) is 12.4. The molecule has 0 saturated carbocycles. The fourth-order valence-corrected chi connectivity index (χ4v) is 1.92. The van der Waals surface area contributed by atoms with Gasteiger partial charge in [0.25, 0.3) is 0 Å². The number of aryl methyl sites for hydroxylation is 2. The Morgan fingerprint density at radius 3 is 2.61 bits per heavy atom. The molecule has 1 unspecified atom stereocenters. The van der Waals surface area contributed by atoms with Gasteiger partial charge >= 0.3 is 0 Å². The van der Waals surface area contributed by atoms with Gasteiger partial charge in [-0.25, -0.2) is 0 Å². The van der Waals surface area contributed by atoms with Gasteiger partial charge in [0.1, 0.15) is 0 Å². The summed E-state index contributed by atoms with van der Waals surface area (Å²) in [5, 5.41) is 7.08. The van der Waals surface area contributed by atoms with E-state index in [0.717, 1.165) is 12.1 Å². The summed E-state index contributed by atoms with van der Waals surface area (Å²) in [4.78, 5) is 0. The number of methoxy groups -OCH3 is 1. The second-order valence-electron chi connectivity index (χ2n) is 4.46. The maximum absolute atomic E-state index is 5.29. The maximum Gasteiger partial charge on any atom is 0.171 e. The fourth-order valence-electron chi connectivity index (χ4n) is 1.63. The van der Waals surface area contributed by atoms with E-state index in [1.54, 1.807) is 7.11 Å². The van der Waals surface area contributed by atoms with Gasteiger partial charge in [-0.1, -0.05) is 13.0 Å². The molecule has 0 aliphatic rings. The molecule has 1 aromatic carbocycles. The normalized spacial score (nSPS) is 12.0. The van der Waals surface area contributed by atoms with E-state index >= 15 is 0 Å². The van der Waals surface area contributed by atoms with Crippen LogP contribution in [-0.2, 0) is 4.74 Å². The molecule has 4 heteroatoms. The molecule has 1 atom stereocenters. The van der Waals surface area contributed by atoms with Crippen LogP contribution >= 0.6 is 12.2 Å². The lowest BCUT2D eigenvalue weighted by Crippen LogP contribution is -2.40. The highest BCUT2D eigenvalue weighted by atomic mass is 32.1. The Labute approximate surface area is 115 Å². The van der Waals surface area contributed by atoms with Crippen molar-refractivity contribution in [1.82, 2.24) is 5.32 Å². The Hall–Kier alpha value is -1.13. The second-order valence-corrected chi connectivity index (χ2v) is 4.87. The third-order valence-electron chi connectivity index (χ3n) is 2.96. The average Bonchev–Trinajstić information content (AvgIpc) is 2.33. The number of ether oxygens (including phenoxy) is 1. The van der Waals surface area contributed by atoms with E-state index < -0.39 is 0 Å². The first-order valence-corrected chi connectivity index (χ1v) is 6.61. The van der Waals surface area contributed by atoms with Gasteiger partial charge in [0.15, 0.2) is 5.11 Å². The molecular weight excluding hydrogens is 244 g/mol. The molecule has 0 aliphatic carbocycles. The van der Waals surface area contributed by atoms with Crippen LogP contribution in [0.25, 0.3) is 0 Å². The molecule has 0 bridgehead atoms. The number of rotatable bonds is 5. The van der Waals surface area contributed by atoms with Crippen LogP contribution in [0.15, 0.2) is 18.2 Å². The predicted molar refractivity (Wildman–Crippen MR) is 81.2 cm³/mol. The highest BCUT2D eigenvalue weighted by Crippen LogP contribution is 2.14. The SMILES string of the molecule is CCC(COC)NC(=S)Nc1ccc(C)c(C)c1. The van der Waals surface area contributed by atoms with Crippen LogP contribution in [0, 0.1) is 13.8 Å². The van der Waals surface area contributed by atoms with Gasteiger partial charge < -0.3 is 15.4 Å². The van der Waals surface area contributed by atoms with Crippen molar-refractivity contribution in [3.05, 3.63) is 29.3 Å². The highest BCUT2D eigenvalue weighted by Gasteiger charge is 2.07. The van der Waals surface area contributed by atoms with Crippen molar-refractivity contribution >= 4 is 23.0 Å². The lowest BCUT2D eigenvalue weighted by Gasteiger charge is -2.19. The molecule has 0 fully saturated rings. The Morgan fingerprint density at radius 1 is 1.33 bits per heavy atom. The predicted octanol–water partition coefficient (Wildman–Crippen LogP) is 3.01. The van der Waals surface area contributed by atoms with Crippen LogP contribution in [0.4, 0.5) is 5.69 Å². The molecule has 0 amide bonds. The molecule has 0 saturated heterocycles. The van der Waals surface area contributed by atoms with Crippen LogP contribution in [-0.4, -0.2) is 24.9 Å². The molecule has 100 valence electrons. The van der Waals surface area contributed by atoms with E-state index in [1.165, 1.54) is 11.1 Å². The van der Waals surface area contributed by atoms with Gasteiger partial charge in [-0.3, -0.25) is 0 Å². The number of anilines is 1. The first kappa shape index (κ1) is 14.9. The summed E-state index contributed by atoms with van der Waals surface area (Å²) >= 11 is 5.29. The zero-order chi connectivity index (χ0) is 13.5. The summed E-state index contributed by atoms with van der Waals surface area (Å²) in [6, 6.07) is 6.47. The van der Waals surface area contributed by atoms with E-state index in [0.29, 0.717) is 11.7 Å². The van der Waals surface area contributed by atoms with Gasteiger partial charge in [0.2, 0.25) is 0 Å². The average molecular weight is 266 g/mol. The van der Waals surface area contributed by atoms with E-state index in [1.807, 2.05) is 6.07 Å². The van der Waals surface area contributed by atoms with Gasteiger partial charge in [0.05, 0.1) is 12.6 Å². The Kier molecular flexibility index (Phi) is 6.09. The molecule has 0 heterocycles. The monoisotopic (exact) mass is 266 g/mol. The topological polar surface area (TPSA) is 33.3 Å². The van der Waals surface area contributed by atoms with Crippen LogP contribution < -0.4 is 10.6 Å². The number of benzene rings is 1. The fraction of sp³-hybridized carbons (Fsp3) is 0.500. The van der Waals surface area contributed by atoms with E-state index in [4.69, 9.17) is 17.0 Å². The van der Waals surface area contributed by atoms with Gasteiger partial charge in [-0.15, -0.1) is 0 Å². The summed E-state index contributed by atoms with van der Waals surface area (Å²) in [7, 11) is 1.70. The molecule has 18 heavy (non-hydrogen) atoms.